The number of nitrogens with one attached hydrogen (secondary N) is 1. The number of benzene rings is 1. The number of halogens is 2. The van der Waals surface area contributed by atoms with Crippen molar-refractivity contribution in [2.75, 3.05) is 51.4 Å². The van der Waals surface area contributed by atoms with Crippen molar-refractivity contribution < 1.29 is 9.47 Å². The summed E-state index contributed by atoms with van der Waals surface area (Å²) in [4.78, 5) is 15.9. The Morgan fingerprint density at radius 3 is 2.39 bits per heavy atom. The van der Waals surface area contributed by atoms with Gasteiger partial charge < -0.3 is 25.4 Å². The Kier molecular flexibility index (Phi) is 7.57. The molecule has 0 amide bonds. The van der Waals surface area contributed by atoms with Gasteiger partial charge in [-0.05, 0) is 51.4 Å². The summed E-state index contributed by atoms with van der Waals surface area (Å²) in [6, 6.07) is 3.48. The number of aromatic nitrogens is 3. The molecule has 1 saturated heterocycles. The molecule has 1 aliphatic rings. The molecule has 0 unspecified atom stereocenters. The fourth-order valence-corrected chi connectivity index (χ4v) is 4.78. The van der Waals surface area contributed by atoms with Crippen molar-refractivity contribution >= 4 is 45.9 Å². The number of anilines is 2. The molecule has 1 fully saturated rings. The van der Waals surface area contributed by atoms with Crippen LogP contribution in [0.2, 0.25) is 10.0 Å². The van der Waals surface area contributed by atoms with E-state index in [4.69, 9.17) is 43.4 Å². The molecule has 3 N–H and O–H groups in total. The summed E-state index contributed by atoms with van der Waals surface area (Å²) in [7, 11) is 3.08. The minimum atomic E-state index is 0.188. The van der Waals surface area contributed by atoms with E-state index in [-0.39, 0.29) is 5.95 Å². The third kappa shape index (κ3) is 5.18. The van der Waals surface area contributed by atoms with Gasteiger partial charge in [0.15, 0.2) is 5.82 Å². The molecular weight excluding hydrogens is 463 g/mol. The summed E-state index contributed by atoms with van der Waals surface area (Å²) in [5.41, 5.74) is 7.58. The fraction of sp³-hybridized carbons (Fsp3) is 0.435. The zero-order valence-electron chi connectivity index (χ0n) is 18.8. The van der Waals surface area contributed by atoms with Crippen LogP contribution in [0.3, 0.4) is 0 Å². The topological polar surface area (TPSA) is 98.4 Å². The summed E-state index contributed by atoms with van der Waals surface area (Å²) in [5.74, 6) is 1.68. The molecule has 8 nitrogen and oxygen atoms in total. The summed E-state index contributed by atoms with van der Waals surface area (Å²) in [5, 5.41) is 4.89. The van der Waals surface area contributed by atoms with Crippen LogP contribution >= 0.6 is 23.2 Å². The number of pyridine rings is 1. The zero-order chi connectivity index (χ0) is 23.4. The number of hydrogen-bond acceptors (Lipinski definition) is 8. The Morgan fingerprint density at radius 1 is 1.03 bits per heavy atom. The van der Waals surface area contributed by atoms with E-state index in [9.17, 15) is 0 Å². The van der Waals surface area contributed by atoms with Crippen LogP contribution in [0, 0.1) is 0 Å². The lowest BCUT2D eigenvalue weighted by atomic mass is 10.1. The molecule has 3 heterocycles. The third-order valence-corrected chi connectivity index (χ3v) is 6.56. The van der Waals surface area contributed by atoms with Crippen molar-refractivity contribution in [3.8, 4) is 22.8 Å². The van der Waals surface area contributed by atoms with Crippen LogP contribution in [-0.4, -0.2) is 60.3 Å². The first kappa shape index (κ1) is 23.6. The van der Waals surface area contributed by atoms with Crippen molar-refractivity contribution in [3.05, 3.63) is 28.4 Å². The van der Waals surface area contributed by atoms with Gasteiger partial charge in [0.1, 0.15) is 17.0 Å². The van der Waals surface area contributed by atoms with Crippen LogP contribution in [-0.2, 0) is 0 Å². The second-order valence-corrected chi connectivity index (χ2v) is 8.74. The van der Waals surface area contributed by atoms with Gasteiger partial charge in [0.25, 0.3) is 0 Å². The van der Waals surface area contributed by atoms with E-state index in [1.54, 1.807) is 12.3 Å². The molecule has 0 bridgehead atoms. The number of nitrogens with zero attached hydrogens (tertiary/aromatic N) is 4. The number of rotatable bonds is 9. The highest BCUT2D eigenvalue weighted by Gasteiger charge is 2.21. The van der Waals surface area contributed by atoms with Crippen molar-refractivity contribution in [2.45, 2.75) is 25.7 Å². The molecule has 0 spiro atoms. The molecule has 1 aliphatic heterocycles. The maximum Gasteiger partial charge on any atom is 0.220 e. The van der Waals surface area contributed by atoms with Crippen LogP contribution in [0.4, 0.5) is 11.8 Å². The van der Waals surface area contributed by atoms with Gasteiger partial charge >= 0.3 is 0 Å². The maximum absolute atomic E-state index is 6.63. The minimum Gasteiger partial charge on any atom is -0.495 e. The molecule has 0 aliphatic carbocycles. The van der Waals surface area contributed by atoms with Crippen molar-refractivity contribution in [2.24, 2.45) is 0 Å². The van der Waals surface area contributed by atoms with Gasteiger partial charge in [-0.3, -0.25) is 0 Å². The van der Waals surface area contributed by atoms with E-state index in [0.717, 1.165) is 31.3 Å². The molecule has 0 radical (unpaired) electrons. The van der Waals surface area contributed by atoms with Gasteiger partial charge in [0.05, 0.1) is 30.0 Å². The average molecular weight is 491 g/mol. The summed E-state index contributed by atoms with van der Waals surface area (Å²) in [6.45, 7) is 4.30. The maximum atomic E-state index is 6.63. The second kappa shape index (κ2) is 10.6. The normalized spacial score (nSPS) is 14.1. The lowest BCUT2D eigenvalue weighted by molar-refractivity contribution is 0.331. The predicted molar refractivity (Wildman–Crippen MR) is 134 cm³/mol. The molecule has 0 atom stereocenters. The van der Waals surface area contributed by atoms with E-state index >= 15 is 0 Å². The first-order chi connectivity index (χ1) is 16.0. The zero-order valence-corrected chi connectivity index (χ0v) is 20.3. The number of ether oxygens (including phenoxy) is 2. The summed E-state index contributed by atoms with van der Waals surface area (Å²) >= 11 is 13.3. The molecular formula is C23H28Cl2N6O2. The van der Waals surface area contributed by atoms with Gasteiger partial charge in [0.2, 0.25) is 5.95 Å². The SMILES string of the molecule is COc1cc(OC)c(Cl)c(-c2cc3cnc(N)nc3c(NCCCCN3CCCC3)n2)c1Cl. The number of methoxy groups -OCH3 is 2. The van der Waals surface area contributed by atoms with Gasteiger partial charge in [-0.2, -0.15) is 0 Å². The minimum absolute atomic E-state index is 0.188. The monoisotopic (exact) mass is 490 g/mol. The lowest BCUT2D eigenvalue weighted by Gasteiger charge is -2.17. The van der Waals surface area contributed by atoms with Gasteiger partial charge in [0, 0.05) is 29.8 Å². The first-order valence-electron chi connectivity index (χ1n) is 11.0. The third-order valence-electron chi connectivity index (χ3n) is 5.81. The summed E-state index contributed by atoms with van der Waals surface area (Å²) < 4.78 is 10.8. The molecule has 33 heavy (non-hydrogen) atoms. The largest absolute Gasteiger partial charge is 0.495 e. The van der Waals surface area contributed by atoms with Crippen molar-refractivity contribution in [1.29, 1.82) is 0 Å². The van der Waals surface area contributed by atoms with E-state index in [1.807, 2.05) is 6.07 Å². The Balaban J connectivity index is 1.66. The van der Waals surface area contributed by atoms with Crippen LogP contribution in [0.25, 0.3) is 22.2 Å². The smallest absolute Gasteiger partial charge is 0.220 e. The van der Waals surface area contributed by atoms with E-state index in [1.165, 1.54) is 40.2 Å². The van der Waals surface area contributed by atoms with Gasteiger partial charge in [-0.25, -0.2) is 15.0 Å². The van der Waals surface area contributed by atoms with Gasteiger partial charge in [-0.15, -0.1) is 0 Å². The van der Waals surface area contributed by atoms with Crippen molar-refractivity contribution in [1.82, 2.24) is 19.9 Å². The first-order valence-corrected chi connectivity index (χ1v) is 11.8. The predicted octanol–water partition coefficient (Wildman–Crippen LogP) is 4.89. The summed E-state index contributed by atoms with van der Waals surface area (Å²) in [6.07, 6.45) is 6.41. The number of nitrogens with two attached hydrogens (primary N) is 1. The quantitative estimate of drug-likeness (QED) is 0.409. The Morgan fingerprint density at radius 2 is 1.73 bits per heavy atom. The highest BCUT2D eigenvalue weighted by molar-refractivity contribution is 6.41. The number of hydrogen-bond donors (Lipinski definition) is 2. The Labute approximate surface area is 203 Å². The van der Waals surface area contributed by atoms with Gasteiger partial charge in [-0.1, -0.05) is 23.2 Å². The Bertz CT molecular complexity index is 1110. The Hall–Kier alpha value is -2.55. The lowest BCUT2D eigenvalue weighted by Crippen LogP contribution is -2.21. The van der Waals surface area contributed by atoms with E-state index in [0.29, 0.717) is 44.1 Å². The number of fused-ring (bicyclic) bond motifs is 1. The molecule has 2 aromatic heterocycles. The number of nitrogen functional groups attached to an aromatic ring is 1. The highest BCUT2D eigenvalue weighted by Crippen LogP contribution is 2.46. The van der Waals surface area contributed by atoms with E-state index < -0.39 is 0 Å². The molecule has 1 aromatic carbocycles. The molecule has 3 aromatic rings. The molecule has 10 heteroatoms. The molecule has 4 rings (SSSR count). The number of likely N-dealkylation sites (tertiary alicyclic amines) is 1. The number of unbranched alkanes of at least 4 members (excludes halogenated alkanes) is 1. The van der Waals surface area contributed by atoms with Crippen molar-refractivity contribution in [3.63, 3.8) is 0 Å². The van der Waals surface area contributed by atoms with E-state index in [2.05, 4.69) is 20.2 Å². The highest BCUT2D eigenvalue weighted by atomic mass is 35.5. The van der Waals surface area contributed by atoms with Crippen LogP contribution in [0.5, 0.6) is 11.5 Å². The van der Waals surface area contributed by atoms with Crippen LogP contribution in [0.1, 0.15) is 25.7 Å². The second-order valence-electron chi connectivity index (χ2n) is 7.99. The molecule has 0 saturated carbocycles. The van der Waals surface area contributed by atoms with Crippen LogP contribution in [0.15, 0.2) is 18.3 Å². The standard InChI is InChI=1S/C23H28Cl2N6O2/c1-32-16-12-17(33-2)20(25)18(19(16)24)15-11-14-13-28-23(26)30-21(14)22(29-15)27-7-3-4-8-31-9-5-6-10-31/h11-13H,3-10H2,1-2H3,(H,27,29)(H2,26,28,30). The van der Waals surface area contributed by atoms with Crippen LogP contribution < -0.4 is 20.5 Å². The average Bonchev–Trinajstić information content (AvgIpc) is 3.33. The molecule has 176 valence electrons. The fourth-order valence-electron chi connectivity index (χ4n) is 4.09.